The standard InChI is InChI=1S/C18H22Cl2NO4P/c1-4-24-26(22,25-5-2)18(21-14-9-7-6-8-10-14)15-11-13(19)12-16(20)17(15)23-3/h6-12,18,21H,4-5H2,1-3H3. The van der Waals surface area contributed by atoms with Crippen molar-refractivity contribution in [3.8, 4) is 5.75 Å². The van der Waals surface area contributed by atoms with Crippen molar-refractivity contribution in [1.82, 2.24) is 0 Å². The van der Waals surface area contributed by atoms with Gasteiger partial charge in [-0.1, -0.05) is 41.4 Å². The fourth-order valence-corrected chi connectivity index (χ4v) is 5.08. The molecular weight excluding hydrogens is 396 g/mol. The summed E-state index contributed by atoms with van der Waals surface area (Å²) in [6.45, 7) is 3.96. The van der Waals surface area contributed by atoms with E-state index in [9.17, 15) is 4.57 Å². The molecule has 0 aromatic heterocycles. The Morgan fingerprint density at radius 1 is 1.08 bits per heavy atom. The Bertz CT molecular complexity index is 763. The van der Waals surface area contributed by atoms with E-state index in [1.807, 2.05) is 30.3 Å². The summed E-state index contributed by atoms with van der Waals surface area (Å²) >= 11 is 12.5. The summed E-state index contributed by atoms with van der Waals surface area (Å²) in [7, 11) is -2.11. The van der Waals surface area contributed by atoms with Crippen LogP contribution >= 0.6 is 30.8 Å². The maximum atomic E-state index is 13.6. The van der Waals surface area contributed by atoms with E-state index in [0.29, 0.717) is 21.4 Å². The molecule has 2 rings (SSSR count). The van der Waals surface area contributed by atoms with Crippen molar-refractivity contribution in [2.24, 2.45) is 0 Å². The second kappa shape index (κ2) is 9.63. The first-order valence-corrected chi connectivity index (χ1v) is 10.5. The minimum atomic E-state index is -3.61. The summed E-state index contributed by atoms with van der Waals surface area (Å²) in [5.41, 5.74) is 1.24. The molecule has 5 nitrogen and oxygen atoms in total. The summed E-state index contributed by atoms with van der Waals surface area (Å²) in [6, 6.07) is 12.6. The van der Waals surface area contributed by atoms with Gasteiger partial charge < -0.3 is 19.1 Å². The number of methoxy groups -OCH3 is 1. The van der Waals surface area contributed by atoms with Crippen molar-refractivity contribution >= 4 is 36.5 Å². The molecule has 1 atom stereocenters. The van der Waals surface area contributed by atoms with E-state index in [1.165, 1.54) is 7.11 Å². The number of ether oxygens (including phenoxy) is 1. The summed E-state index contributed by atoms with van der Waals surface area (Å²) in [5.74, 6) is -0.486. The number of hydrogen-bond acceptors (Lipinski definition) is 5. The molecule has 2 aromatic rings. The van der Waals surface area contributed by atoms with Gasteiger partial charge in [0.05, 0.1) is 25.3 Å². The lowest BCUT2D eigenvalue weighted by Crippen LogP contribution is -2.16. The molecule has 1 N–H and O–H groups in total. The van der Waals surface area contributed by atoms with E-state index in [4.69, 9.17) is 37.0 Å². The molecule has 0 aliphatic heterocycles. The molecule has 1 unspecified atom stereocenters. The van der Waals surface area contributed by atoms with Gasteiger partial charge in [-0.25, -0.2) is 0 Å². The quantitative estimate of drug-likeness (QED) is 0.479. The number of para-hydroxylation sites is 1. The molecule has 0 radical (unpaired) electrons. The highest BCUT2D eigenvalue weighted by Gasteiger charge is 2.39. The van der Waals surface area contributed by atoms with Crippen molar-refractivity contribution in [2.75, 3.05) is 25.6 Å². The Morgan fingerprint density at radius 2 is 1.69 bits per heavy atom. The van der Waals surface area contributed by atoms with E-state index in [0.717, 1.165) is 5.69 Å². The van der Waals surface area contributed by atoms with Gasteiger partial charge in [0.25, 0.3) is 0 Å². The Balaban J connectivity index is 2.62. The minimum absolute atomic E-state index is 0.223. The molecule has 0 bridgehead atoms. The van der Waals surface area contributed by atoms with Gasteiger partial charge >= 0.3 is 7.60 Å². The zero-order valence-corrected chi connectivity index (χ0v) is 17.3. The van der Waals surface area contributed by atoms with Crippen LogP contribution in [0.2, 0.25) is 10.0 Å². The fourth-order valence-electron chi connectivity index (χ4n) is 2.56. The summed E-state index contributed by atoms with van der Waals surface area (Å²) in [5, 5.41) is 3.93. The Kier molecular flexibility index (Phi) is 7.81. The average Bonchev–Trinajstić information content (AvgIpc) is 2.60. The molecule has 2 aromatic carbocycles. The largest absolute Gasteiger partial charge is 0.495 e. The van der Waals surface area contributed by atoms with Crippen molar-refractivity contribution in [3.05, 3.63) is 58.1 Å². The maximum Gasteiger partial charge on any atom is 0.357 e. The third-order valence-corrected chi connectivity index (χ3v) is 6.32. The number of nitrogens with one attached hydrogen (secondary N) is 1. The molecular formula is C18H22Cl2NO4P. The Hall–Kier alpha value is -1.23. The van der Waals surface area contributed by atoms with Gasteiger partial charge in [-0.15, -0.1) is 0 Å². The van der Waals surface area contributed by atoms with E-state index < -0.39 is 13.4 Å². The van der Waals surface area contributed by atoms with E-state index in [-0.39, 0.29) is 13.2 Å². The first-order valence-electron chi connectivity index (χ1n) is 8.18. The van der Waals surface area contributed by atoms with Crippen LogP contribution in [0.25, 0.3) is 0 Å². The van der Waals surface area contributed by atoms with Crippen LogP contribution in [0.1, 0.15) is 25.2 Å². The number of benzene rings is 2. The topological polar surface area (TPSA) is 56.8 Å². The monoisotopic (exact) mass is 417 g/mol. The van der Waals surface area contributed by atoms with E-state index in [1.54, 1.807) is 26.0 Å². The van der Waals surface area contributed by atoms with Crippen LogP contribution in [0, 0.1) is 0 Å². The van der Waals surface area contributed by atoms with Crippen LogP contribution in [0.5, 0.6) is 5.75 Å². The van der Waals surface area contributed by atoms with Crippen LogP contribution in [0.15, 0.2) is 42.5 Å². The lowest BCUT2D eigenvalue weighted by molar-refractivity contribution is 0.213. The summed E-state index contributed by atoms with van der Waals surface area (Å²) in [4.78, 5) is 0. The smallest absolute Gasteiger partial charge is 0.357 e. The molecule has 0 aliphatic carbocycles. The molecule has 0 fully saturated rings. The van der Waals surface area contributed by atoms with Gasteiger partial charge in [0, 0.05) is 16.3 Å². The van der Waals surface area contributed by atoms with Crippen molar-refractivity contribution < 1.29 is 18.3 Å². The van der Waals surface area contributed by atoms with Crippen LogP contribution in [0.3, 0.4) is 0 Å². The van der Waals surface area contributed by atoms with Crippen LogP contribution < -0.4 is 10.1 Å². The predicted octanol–water partition coefficient (Wildman–Crippen LogP) is 6.38. The van der Waals surface area contributed by atoms with Crippen LogP contribution in [-0.2, 0) is 13.6 Å². The summed E-state index contributed by atoms with van der Waals surface area (Å²) < 4.78 is 30.1. The highest BCUT2D eigenvalue weighted by atomic mass is 35.5. The third kappa shape index (κ3) is 4.93. The van der Waals surface area contributed by atoms with Gasteiger partial charge in [-0.3, -0.25) is 4.57 Å². The van der Waals surface area contributed by atoms with Crippen molar-refractivity contribution in [1.29, 1.82) is 0 Å². The minimum Gasteiger partial charge on any atom is -0.495 e. The lowest BCUT2D eigenvalue weighted by atomic mass is 10.2. The average molecular weight is 418 g/mol. The molecule has 0 saturated carbocycles. The van der Waals surface area contributed by atoms with Crippen molar-refractivity contribution in [2.45, 2.75) is 19.6 Å². The Morgan fingerprint density at radius 3 is 2.23 bits per heavy atom. The van der Waals surface area contributed by atoms with E-state index in [2.05, 4.69) is 5.32 Å². The third-order valence-electron chi connectivity index (χ3n) is 3.55. The number of hydrogen-bond donors (Lipinski definition) is 1. The van der Waals surface area contributed by atoms with Gasteiger partial charge in [0.2, 0.25) is 0 Å². The van der Waals surface area contributed by atoms with Gasteiger partial charge in [-0.05, 0) is 38.1 Å². The number of halogens is 2. The van der Waals surface area contributed by atoms with Gasteiger partial charge in [0.1, 0.15) is 5.75 Å². The predicted molar refractivity (Wildman–Crippen MR) is 107 cm³/mol. The normalized spacial score (nSPS) is 12.7. The SMILES string of the molecule is CCOP(=O)(OCC)C(Nc1ccccc1)c1cc(Cl)cc(Cl)c1OC. The van der Waals surface area contributed by atoms with Crippen molar-refractivity contribution in [3.63, 3.8) is 0 Å². The highest BCUT2D eigenvalue weighted by molar-refractivity contribution is 7.54. The van der Waals surface area contributed by atoms with E-state index >= 15 is 0 Å². The second-order valence-electron chi connectivity index (χ2n) is 5.30. The molecule has 0 heterocycles. The van der Waals surface area contributed by atoms with Crippen LogP contribution in [0.4, 0.5) is 5.69 Å². The highest BCUT2D eigenvalue weighted by Crippen LogP contribution is 2.62. The zero-order valence-electron chi connectivity index (χ0n) is 14.9. The molecule has 0 saturated heterocycles. The summed E-state index contributed by atoms with van der Waals surface area (Å²) in [6.07, 6.45) is 0. The molecule has 8 heteroatoms. The zero-order chi connectivity index (χ0) is 19.2. The van der Waals surface area contributed by atoms with Gasteiger partial charge in [0.15, 0.2) is 5.78 Å². The first kappa shape index (κ1) is 21.1. The molecule has 0 aliphatic rings. The lowest BCUT2D eigenvalue weighted by Gasteiger charge is -2.29. The number of anilines is 1. The second-order valence-corrected chi connectivity index (χ2v) is 8.25. The fraction of sp³-hybridized carbons (Fsp3) is 0.333. The molecule has 26 heavy (non-hydrogen) atoms. The first-order chi connectivity index (χ1) is 12.4. The molecule has 0 amide bonds. The maximum absolute atomic E-state index is 13.6. The Labute approximate surface area is 164 Å². The van der Waals surface area contributed by atoms with Crippen LogP contribution in [-0.4, -0.2) is 20.3 Å². The molecule has 0 spiro atoms. The number of rotatable bonds is 9. The van der Waals surface area contributed by atoms with Gasteiger partial charge in [-0.2, -0.15) is 0 Å². The molecule has 142 valence electrons.